The van der Waals surface area contributed by atoms with Gasteiger partial charge in [0.05, 0.1) is 17.1 Å². The summed E-state index contributed by atoms with van der Waals surface area (Å²) in [5.41, 5.74) is 21.1. The van der Waals surface area contributed by atoms with E-state index in [2.05, 4.69) is 266 Å². The Morgan fingerprint density at radius 1 is 0.535 bits per heavy atom. The largest absolute Gasteiger partial charge is 0.335 e. The lowest BCUT2D eigenvalue weighted by atomic mass is 9.67. The molecule has 0 saturated heterocycles. The highest BCUT2D eigenvalue weighted by molar-refractivity contribution is 5.96. The number of allylic oxidation sites excluding steroid dienone is 6. The molecule has 2 unspecified atom stereocenters. The Morgan fingerprint density at radius 2 is 1.08 bits per heavy atom. The molecule has 8 aromatic rings. The summed E-state index contributed by atoms with van der Waals surface area (Å²) < 4.78 is 0. The molecule has 0 saturated carbocycles. The van der Waals surface area contributed by atoms with Gasteiger partial charge in [0.15, 0.2) is 0 Å². The Morgan fingerprint density at radius 3 is 1.70 bits per heavy atom. The van der Waals surface area contributed by atoms with Crippen molar-refractivity contribution in [2.75, 3.05) is 31.1 Å². The lowest BCUT2D eigenvalue weighted by Gasteiger charge is -2.36. The smallest absolute Gasteiger partial charge is 0.0712 e. The quantitative estimate of drug-likeness (QED) is 0.139. The molecule has 0 bridgehead atoms. The summed E-state index contributed by atoms with van der Waals surface area (Å²) in [6, 6.07) is 74.7. The van der Waals surface area contributed by atoms with E-state index < -0.39 is 5.41 Å². The highest BCUT2D eigenvalue weighted by atomic mass is 15.6. The zero-order valence-corrected chi connectivity index (χ0v) is 43.1. The number of fused-ring (bicyclic) bond motifs is 4. The summed E-state index contributed by atoms with van der Waals surface area (Å²) in [5, 5.41) is 6.92. The first-order valence-electron chi connectivity index (χ1n) is 25.5. The van der Waals surface area contributed by atoms with Crippen molar-refractivity contribution in [2.24, 2.45) is 5.73 Å². The van der Waals surface area contributed by atoms with E-state index in [1.165, 1.54) is 90.5 Å². The minimum atomic E-state index is -0.432. The molecule has 2 N–H and O–H groups in total. The summed E-state index contributed by atoms with van der Waals surface area (Å²) in [7, 11) is 5.68. The van der Waals surface area contributed by atoms with E-state index in [0.717, 1.165) is 19.4 Å². The van der Waals surface area contributed by atoms with Gasteiger partial charge >= 0.3 is 0 Å². The van der Waals surface area contributed by atoms with Crippen LogP contribution in [0.4, 0.5) is 11.4 Å². The van der Waals surface area contributed by atoms with Crippen molar-refractivity contribution in [1.82, 2.24) is 5.01 Å². The number of para-hydroxylation sites is 2. The van der Waals surface area contributed by atoms with Gasteiger partial charge in [0, 0.05) is 32.0 Å². The van der Waals surface area contributed by atoms with Gasteiger partial charge in [-0.15, -0.1) is 0 Å². The van der Waals surface area contributed by atoms with Crippen LogP contribution in [0.5, 0.6) is 0 Å². The van der Waals surface area contributed by atoms with Gasteiger partial charge in [-0.3, -0.25) is 0 Å². The first-order valence-corrected chi connectivity index (χ1v) is 25.5. The van der Waals surface area contributed by atoms with Crippen molar-refractivity contribution in [1.29, 1.82) is 0 Å². The second-order valence-electron chi connectivity index (χ2n) is 17.5. The number of hydrogen-bond acceptors (Lipinski definition) is 4. The molecule has 0 amide bonds. The predicted octanol–water partition coefficient (Wildman–Crippen LogP) is 16.4. The summed E-state index contributed by atoms with van der Waals surface area (Å²) in [6.45, 7) is 11.1. The molecule has 360 valence electrons. The van der Waals surface area contributed by atoms with E-state index in [-0.39, 0.29) is 6.04 Å². The van der Waals surface area contributed by atoms with E-state index in [1.54, 1.807) is 0 Å². The van der Waals surface area contributed by atoms with Crippen LogP contribution in [0.25, 0.3) is 27.5 Å². The highest BCUT2D eigenvalue weighted by Crippen LogP contribution is 2.58. The Balaban J connectivity index is 0.000000271. The molecule has 0 radical (unpaired) electrons. The summed E-state index contributed by atoms with van der Waals surface area (Å²) in [4.78, 5) is 2.55. The van der Waals surface area contributed by atoms with Gasteiger partial charge in [-0.05, 0) is 130 Å². The van der Waals surface area contributed by atoms with Crippen LogP contribution in [0.3, 0.4) is 0 Å². The lowest BCUT2D eigenvalue weighted by molar-refractivity contribution is 0.316. The predicted molar refractivity (Wildman–Crippen MR) is 308 cm³/mol. The molecule has 8 aromatic carbocycles. The fraction of sp³-hybridized carbons (Fsp3) is 0.194. The third-order valence-electron chi connectivity index (χ3n) is 13.5. The second-order valence-corrected chi connectivity index (χ2v) is 17.5. The molecule has 0 aliphatic heterocycles. The minimum absolute atomic E-state index is 0.0827. The summed E-state index contributed by atoms with van der Waals surface area (Å²) in [6.07, 6.45) is 14.0. The SMILES string of the molecule is CC.CC.CN.CN(Cc1ccccc1)N(C)c1ccccc1.Cc1ccc(C2(C3=CC(N(C4=CC=C(c5ccccc5)CC4)c4ccccc4)C=C3)c3ccccc3-c3cc4ccccc4cc32)cc1. The standard InChI is InChI=1S/C47H37N.C15H18N2.2C2H6.CH5N/c1-33-20-24-38(25-21-33)47(45-19-11-10-18-43(45)44-30-36-14-8-9-15-37(36)31-46(44)47)39-26-29-42(32-39)48(40-16-6-3-7-17-40)41-27-22-35(23-28-41)34-12-4-2-5-13-34;1-16(13-14-9-5-3-6-10-14)17(2)15-11-7-4-8-12-15;3*1-2/h2-22,24-27,29-32,42H,23,28H2,1H3;3-12H,13H2,1-2H3;2*1-2H3;2H2,1H3. The van der Waals surface area contributed by atoms with Gasteiger partial charge in [-0.1, -0.05) is 227 Å². The third-order valence-corrected chi connectivity index (χ3v) is 13.5. The molecule has 4 nitrogen and oxygen atoms in total. The van der Waals surface area contributed by atoms with Crippen LogP contribution in [-0.2, 0) is 12.0 Å². The Bertz CT molecular complexity index is 3040. The third kappa shape index (κ3) is 11.1. The molecular formula is C67H72N4. The maximum absolute atomic E-state index is 4.50. The van der Waals surface area contributed by atoms with Crippen LogP contribution in [0.2, 0.25) is 0 Å². The molecule has 0 fully saturated rings. The molecule has 3 aliphatic carbocycles. The van der Waals surface area contributed by atoms with E-state index >= 15 is 0 Å². The van der Waals surface area contributed by atoms with Crippen molar-refractivity contribution in [3.8, 4) is 11.1 Å². The van der Waals surface area contributed by atoms with E-state index in [1.807, 2.05) is 39.8 Å². The monoisotopic (exact) mass is 933 g/mol. The number of hydrazine groups is 1. The summed E-state index contributed by atoms with van der Waals surface area (Å²) >= 11 is 0. The number of benzene rings is 8. The summed E-state index contributed by atoms with van der Waals surface area (Å²) in [5.74, 6) is 0. The Hall–Kier alpha value is -7.50. The van der Waals surface area contributed by atoms with Gasteiger partial charge < -0.3 is 15.6 Å². The molecular weight excluding hydrogens is 861 g/mol. The molecule has 71 heavy (non-hydrogen) atoms. The highest BCUT2D eigenvalue weighted by Gasteiger charge is 2.48. The number of nitrogens with zero attached hydrogens (tertiary/aromatic N) is 3. The Labute approximate surface area is 425 Å². The van der Waals surface area contributed by atoms with Gasteiger partial charge in [-0.2, -0.15) is 0 Å². The number of aryl methyl sites for hydroxylation is 1. The minimum Gasteiger partial charge on any atom is -0.335 e. The van der Waals surface area contributed by atoms with Gasteiger partial charge in [0.25, 0.3) is 0 Å². The van der Waals surface area contributed by atoms with Crippen molar-refractivity contribution in [3.05, 3.63) is 281 Å². The van der Waals surface area contributed by atoms with Gasteiger partial charge in [0.2, 0.25) is 0 Å². The zero-order chi connectivity index (χ0) is 50.2. The second kappa shape index (κ2) is 24.9. The first-order chi connectivity index (χ1) is 35.0. The van der Waals surface area contributed by atoms with Crippen LogP contribution in [0.1, 0.15) is 73.9 Å². The zero-order valence-electron chi connectivity index (χ0n) is 43.1. The average Bonchev–Trinajstić information content (AvgIpc) is 4.05. The average molecular weight is 933 g/mol. The fourth-order valence-electron chi connectivity index (χ4n) is 10.1. The van der Waals surface area contributed by atoms with Crippen molar-refractivity contribution in [2.45, 2.75) is 65.5 Å². The van der Waals surface area contributed by atoms with Crippen LogP contribution < -0.4 is 15.6 Å². The maximum atomic E-state index is 4.50. The van der Waals surface area contributed by atoms with Crippen molar-refractivity contribution < 1.29 is 0 Å². The molecule has 2 atom stereocenters. The van der Waals surface area contributed by atoms with Gasteiger partial charge in [-0.25, -0.2) is 5.01 Å². The van der Waals surface area contributed by atoms with Gasteiger partial charge in [0.1, 0.15) is 0 Å². The van der Waals surface area contributed by atoms with Crippen molar-refractivity contribution >= 4 is 27.7 Å². The molecule has 11 rings (SSSR count). The van der Waals surface area contributed by atoms with E-state index in [4.69, 9.17) is 0 Å². The topological polar surface area (TPSA) is 35.7 Å². The molecule has 4 heteroatoms. The maximum Gasteiger partial charge on any atom is 0.0712 e. The van der Waals surface area contributed by atoms with Crippen LogP contribution >= 0.6 is 0 Å². The number of hydrogen-bond donors (Lipinski definition) is 1. The van der Waals surface area contributed by atoms with E-state index in [9.17, 15) is 0 Å². The van der Waals surface area contributed by atoms with Crippen LogP contribution in [-0.4, -0.2) is 32.2 Å². The molecule has 0 heterocycles. The fourth-order valence-corrected chi connectivity index (χ4v) is 10.1. The number of nitrogens with two attached hydrogens (primary N) is 1. The van der Waals surface area contributed by atoms with Crippen molar-refractivity contribution in [3.63, 3.8) is 0 Å². The lowest BCUT2D eigenvalue weighted by Crippen LogP contribution is -2.35. The number of anilines is 2. The Kier molecular flexibility index (Phi) is 18.0. The van der Waals surface area contributed by atoms with Crippen LogP contribution in [0, 0.1) is 6.92 Å². The van der Waals surface area contributed by atoms with Crippen LogP contribution in [0.15, 0.2) is 248 Å². The molecule has 0 spiro atoms. The first kappa shape index (κ1) is 51.4. The van der Waals surface area contributed by atoms with E-state index in [0.29, 0.717) is 0 Å². The molecule has 0 aromatic heterocycles. The normalized spacial score (nSPS) is 15.9. The number of rotatable bonds is 10. The molecule has 3 aliphatic rings.